The van der Waals surface area contributed by atoms with Gasteiger partial charge in [-0.2, -0.15) is 0 Å². The summed E-state index contributed by atoms with van der Waals surface area (Å²) < 4.78 is 0. The van der Waals surface area contributed by atoms with Gasteiger partial charge in [0.2, 0.25) is 0 Å². The zero-order valence-electron chi connectivity index (χ0n) is 11.1. The van der Waals surface area contributed by atoms with Crippen LogP contribution in [0.15, 0.2) is 42.5 Å². The van der Waals surface area contributed by atoms with E-state index in [0.717, 1.165) is 16.3 Å². The number of benzene rings is 2. The van der Waals surface area contributed by atoms with E-state index in [1.807, 2.05) is 18.2 Å². The molecule has 2 rings (SSSR count). The maximum absolute atomic E-state index is 6.17. The van der Waals surface area contributed by atoms with Gasteiger partial charge in [-0.3, -0.25) is 0 Å². The van der Waals surface area contributed by atoms with E-state index in [-0.39, 0.29) is 0 Å². The molecule has 0 aromatic heterocycles. The van der Waals surface area contributed by atoms with Crippen LogP contribution in [0.4, 0.5) is 5.69 Å². The lowest BCUT2D eigenvalue weighted by atomic mass is 10.0. The Morgan fingerprint density at radius 1 is 1.05 bits per heavy atom. The number of hydrogen-bond acceptors (Lipinski definition) is 1. The Morgan fingerprint density at radius 3 is 2.53 bits per heavy atom. The first-order valence-corrected chi connectivity index (χ1v) is 7.10. The molecule has 0 atom stereocenters. The van der Waals surface area contributed by atoms with Gasteiger partial charge in [-0.05, 0) is 41.3 Å². The van der Waals surface area contributed by atoms with Crippen LogP contribution < -0.4 is 5.32 Å². The lowest BCUT2D eigenvalue weighted by molar-refractivity contribution is 0.865. The molecule has 3 heteroatoms. The molecule has 0 saturated carbocycles. The van der Waals surface area contributed by atoms with Gasteiger partial charge in [0, 0.05) is 22.3 Å². The molecule has 0 unspecified atom stereocenters. The molecule has 0 aliphatic carbocycles. The molecular weight excluding hydrogens is 277 g/mol. The summed E-state index contributed by atoms with van der Waals surface area (Å²) in [5, 5.41) is 4.88. The van der Waals surface area contributed by atoms with Crippen LogP contribution in [0.5, 0.6) is 0 Å². The van der Waals surface area contributed by atoms with Crippen molar-refractivity contribution in [1.82, 2.24) is 0 Å². The van der Waals surface area contributed by atoms with Crippen LogP contribution in [-0.4, -0.2) is 0 Å². The third kappa shape index (κ3) is 3.65. The molecule has 1 nitrogen and oxygen atoms in total. The molecular formula is C16H17Cl2N. The Bertz CT molecular complexity index is 564. The van der Waals surface area contributed by atoms with E-state index in [1.54, 1.807) is 6.07 Å². The summed E-state index contributed by atoms with van der Waals surface area (Å²) in [6.07, 6.45) is 0. The van der Waals surface area contributed by atoms with E-state index < -0.39 is 0 Å². The van der Waals surface area contributed by atoms with Gasteiger partial charge < -0.3 is 5.32 Å². The van der Waals surface area contributed by atoms with Gasteiger partial charge >= 0.3 is 0 Å². The maximum atomic E-state index is 6.17. The van der Waals surface area contributed by atoms with Crippen molar-refractivity contribution in [2.75, 3.05) is 5.32 Å². The van der Waals surface area contributed by atoms with Crippen molar-refractivity contribution in [2.24, 2.45) is 0 Å². The van der Waals surface area contributed by atoms with E-state index in [4.69, 9.17) is 23.2 Å². The predicted octanol–water partition coefficient (Wildman–Crippen LogP) is 5.73. The van der Waals surface area contributed by atoms with Gasteiger partial charge in [-0.15, -0.1) is 0 Å². The quantitative estimate of drug-likeness (QED) is 0.759. The Balaban J connectivity index is 2.17. The third-order valence-electron chi connectivity index (χ3n) is 3.06. The SMILES string of the molecule is CC(C)c1ccccc1NCc1cc(Cl)ccc1Cl. The Labute approximate surface area is 124 Å². The summed E-state index contributed by atoms with van der Waals surface area (Å²) in [4.78, 5) is 0. The number of para-hydroxylation sites is 1. The van der Waals surface area contributed by atoms with Crippen LogP contribution >= 0.6 is 23.2 Å². The second kappa shape index (κ2) is 6.31. The minimum atomic E-state index is 0.485. The highest BCUT2D eigenvalue weighted by atomic mass is 35.5. The monoisotopic (exact) mass is 293 g/mol. The van der Waals surface area contributed by atoms with Crippen LogP contribution in [0.2, 0.25) is 10.0 Å². The standard InChI is InChI=1S/C16H17Cl2N/c1-11(2)14-5-3-4-6-16(14)19-10-12-9-13(17)7-8-15(12)18/h3-9,11,19H,10H2,1-2H3. The van der Waals surface area contributed by atoms with Gasteiger partial charge in [-0.1, -0.05) is 55.2 Å². The average molecular weight is 294 g/mol. The van der Waals surface area contributed by atoms with Gasteiger partial charge in [0.25, 0.3) is 0 Å². The van der Waals surface area contributed by atoms with Crippen molar-refractivity contribution in [2.45, 2.75) is 26.3 Å². The zero-order chi connectivity index (χ0) is 13.8. The summed E-state index contributed by atoms with van der Waals surface area (Å²) in [5.74, 6) is 0.485. The minimum absolute atomic E-state index is 0.485. The van der Waals surface area contributed by atoms with Crippen LogP contribution in [-0.2, 0) is 6.54 Å². The Kier molecular flexibility index (Phi) is 4.73. The fraction of sp³-hybridized carbons (Fsp3) is 0.250. The molecule has 0 bridgehead atoms. The molecule has 0 fully saturated rings. The van der Waals surface area contributed by atoms with E-state index in [1.165, 1.54) is 5.56 Å². The highest BCUT2D eigenvalue weighted by Gasteiger charge is 2.06. The minimum Gasteiger partial charge on any atom is -0.381 e. The van der Waals surface area contributed by atoms with E-state index in [2.05, 4.69) is 37.4 Å². The number of nitrogens with one attached hydrogen (secondary N) is 1. The van der Waals surface area contributed by atoms with Crippen molar-refractivity contribution < 1.29 is 0 Å². The topological polar surface area (TPSA) is 12.0 Å². The maximum Gasteiger partial charge on any atom is 0.0456 e. The first kappa shape index (κ1) is 14.2. The van der Waals surface area contributed by atoms with E-state index in [0.29, 0.717) is 17.5 Å². The zero-order valence-corrected chi connectivity index (χ0v) is 12.6. The first-order chi connectivity index (χ1) is 9.08. The summed E-state index contributed by atoms with van der Waals surface area (Å²) in [6.45, 7) is 5.04. The van der Waals surface area contributed by atoms with Crippen LogP contribution in [0.1, 0.15) is 30.9 Å². The van der Waals surface area contributed by atoms with Crippen molar-refractivity contribution in [3.8, 4) is 0 Å². The molecule has 0 spiro atoms. The smallest absolute Gasteiger partial charge is 0.0456 e. The van der Waals surface area contributed by atoms with Gasteiger partial charge in [-0.25, -0.2) is 0 Å². The lowest BCUT2D eigenvalue weighted by Crippen LogP contribution is -2.03. The van der Waals surface area contributed by atoms with Crippen molar-refractivity contribution >= 4 is 28.9 Å². The summed E-state index contributed by atoms with van der Waals surface area (Å²) in [7, 11) is 0. The molecule has 0 aliphatic heterocycles. The molecule has 2 aromatic carbocycles. The predicted molar refractivity (Wildman–Crippen MR) is 84.3 cm³/mol. The first-order valence-electron chi connectivity index (χ1n) is 6.34. The normalized spacial score (nSPS) is 10.8. The highest BCUT2D eigenvalue weighted by Crippen LogP contribution is 2.26. The lowest BCUT2D eigenvalue weighted by Gasteiger charge is -2.15. The van der Waals surface area contributed by atoms with Gasteiger partial charge in [0.15, 0.2) is 0 Å². The van der Waals surface area contributed by atoms with Crippen LogP contribution in [0.25, 0.3) is 0 Å². The molecule has 0 aliphatic rings. The molecule has 2 aromatic rings. The van der Waals surface area contributed by atoms with Crippen molar-refractivity contribution in [3.63, 3.8) is 0 Å². The average Bonchev–Trinajstić information content (AvgIpc) is 2.40. The van der Waals surface area contributed by atoms with Crippen LogP contribution in [0.3, 0.4) is 0 Å². The largest absolute Gasteiger partial charge is 0.381 e. The summed E-state index contributed by atoms with van der Waals surface area (Å²) >= 11 is 12.2. The van der Waals surface area contributed by atoms with Crippen molar-refractivity contribution in [3.05, 3.63) is 63.6 Å². The summed E-state index contributed by atoms with van der Waals surface area (Å²) in [6, 6.07) is 13.9. The van der Waals surface area contributed by atoms with Crippen LogP contribution in [0, 0.1) is 0 Å². The summed E-state index contributed by atoms with van der Waals surface area (Å²) in [5.41, 5.74) is 3.46. The molecule has 1 N–H and O–H groups in total. The number of rotatable bonds is 4. The number of anilines is 1. The molecule has 0 heterocycles. The second-order valence-electron chi connectivity index (χ2n) is 4.83. The van der Waals surface area contributed by atoms with Gasteiger partial charge in [0.05, 0.1) is 0 Å². The molecule has 0 saturated heterocycles. The van der Waals surface area contributed by atoms with Crippen molar-refractivity contribution in [1.29, 1.82) is 0 Å². The van der Waals surface area contributed by atoms with E-state index >= 15 is 0 Å². The third-order valence-corrected chi connectivity index (χ3v) is 3.66. The molecule has 19 heavy (non-hydrogen) atoms. The van der Waals surface area contributed by atoms with Gasteiger partial charge in [0.1, 0.15) is 0 Å². The molecule has 100 valence electrons. The fourth-order valence-electron chi connectivity index (χ4n) is 2.03. The Hall–Kier alpha value is -1.18. The molecule has 0 radical (unpaired) electrons. The second-order valence-corrected chi connectivity index (χ2v) is 5.67. The molecule has 0 amide bonds. The number of hydrogen-bond donors (Lipinski definition) is 1. The Morgan fingerprint density at radius 2 is 1.79 bits per heavy atom. The van der Waals surface area contributed by atoms with E-state index in [9.17, 15) is 0 Å². The number of halogens is 2. The highest BCUT2D eigenvalue weighted by molar-refractivity contribution is 6.33. The fourth-order valence-corrected chi connectivity index (χ4v) is 2.41.